The molecule has 3 amide bonds. The molecule has 10 heteroatoms. The molecule has 0 aromatic heterocycles. The van der Waals surface area contributed by atoms with Crippen molar-refractivity contribution >= 4 is 29.2 Å². The number of hydrogen-bond donors (Lipinski definition) is 1. The molecule has 1 fully saturated rings. The Morgan fingerprint density at radius 1 is 1.36 bits per heavy atom. The first kappa shape index (κ1) is 16.5. The minimum Gasteiger partial charge on any atom is -0.340 e. The van der Waals surface area contributed by atoms with Gasteiger partial charge in [-0.1, -0.05) is 11.6 Å². The van der Waals surface area contributed by atoms with E-state index in [1.54, 1.807) is 0 Å². The average Bonchev–Trinajstić information content (AvgIpc) is 2.66. The van der Waals surface area contributed by atoms with Crippen molar-refractivity contribution in [3.8, 4) is 0 Å². The summed E-state index contributed by atoms with van der Waals surface area (Å²) in [6, 6.07) is 1.30. The molecule has 1 atom stereocenters. The van der Waals surface area contributed by atoms with Gasteiger partial charge in [-0.3, -0.25) is 10.1 Å². The molecule has 5 nitrogen and oxygen atoms in total. The highest BCUT2D eigenvalue weighted by Crippen LogP contribution is 2.38. The lowest BCUT2D eigenvalue weighted by molar-refractivity contribution is -0.267. The first-order chi connectivity index (χ1) is 10.1. The SMILES string of the molecule is CCO[C@]1(C(F)(F)F)NC(=O)N(c2ccc(F)c(Cl)c2)C1=O. The summed E-state index contributed by atoms with van der Waals surface area (Å²) in [5.74, 6) is -2.51. The number of amides is 3. The molecule has 0 radical (unpaired) electrons. The Kier molecular flexibility index (Phi) is 4.05. The fourth-order valence-electron chi connectivity index (χ4n) is 1.96. The molecule has 0 unspecified atom stereocenters. The van der Waals surface area contributed by atoms with Gasteiger partial charge in [0, 0.05) is 6.61 Å². The lowest BCUT2D eigenvalue weighted by Crippen LogP contribution is -2.60. The van der Waals surface area contributed by atoms with Crippen LogP contribution in [0.3, 0.4) is 0 Å². The highest BCUT2D eigenvalue weighted by Gasteiger charge is 2.69. The molecule has 0 aliphatic carbocycles. The number of urea groups is 1. The highest BCUT2D eigenvalue weighted by molar-refractivity contribution is 6.31. The van der Waals surface area contributed by atoms with Crippen LogP contribution in [0.1, 0.15) is 6.92 Å². The van der Waals surface area contributed by atoms with Crippen molar-refractivity contribution in [1.29, 1.82) is 0 Å². The van der Waals surface area contributed by atoms with Gasteiger partial charge in [-0.2, -0.15) is 13.2 Å². The summed E-state index contributed by atoms with van der Waals surface area (Å²) in [7, 11) is 0. The van der Waals surface area contributed by atoms with Gasteiger partial charge in [0.15, 0.2) is 0 Å². The summed E-state index contributed by atoms with van der Waals surface area (Å²) in [5.41, 5.74) is -3.78. The van der Waals surface area contributed by atoms with Crippen molar-refractivity contribution in [2.75, 3.05) is 11.5 Å². The second-order valence-electron chi connectivity index (χ2n) is 4.28. The third-order valence-electron chi connectivity index (χ3n) is 2.91. The Hall–Kier alpha value is -1.87. The molecule has 1 aromatic rings. The summed E-state index contributed by atoms with van der Waals surface area (Å²) in [4.78, 5) is 24.1. The minimum atomic E-state index is -5.17. The number of carbonyl (C=O) groups excluding carboxylic acids is 2. The quantitative estimate of drug-likeness (QED) is 0.680. The molecule has 1 aromatic carbocycles. The van der Waals surface area contributed by atoms with Gasteiger partial charge < -0.3 is 4.74 Å². The van der Waals surface area contributed by atoms with Gasteiger partial charge in [0.2, 0.25) is 0 Å². The maximum Gasteiger partial charge on any atom is 0.446 e. The topological polar surface area (TPSA) is 58.6 Å². The fraction of sp³-hybridized carbons (Fsp3) is 0.333. The van der Waals surface area contributed by atoms with E-state index >= 15 is 0 Å². The zero-order valence-corrected chi connectivity index (χ0v) is 11.8. The molecule has 1 aliphatic rings. The van der Waals surface area contributed by atoms with Gasteiger partial charge in [-0.25, -0.2) is 14.1 Å². The Morgan fingerprint density at radius 2 is 2.00 bits per heavy atom. The minimum absolute atomic E-state index is 0.203. The molecule has 1 saturated heterocycles. The van der Waals surface area contributed by atoms with E-state index in [1.807, 2.05) is 0 Å². The van der Waals surface area contributed by atoms with E-state index in [1.165, 1.54) is 12.2 Å². The Balaban J connectivity index is 2.49. The van der Waals surface area contributed by atoms with Gasteiger partial charge in [0.1, 0.15) is 5.82 Å². The number of carbonyl (C=O) groups is 2. The lowest BCUT2D eigenvalue weighted by Gasteiger charge is -2.28. The number of ether oxygens (including phenoxy) is 1. The van der Waals surface area contributed by atoms with Crippen molar-refractivity contribution in [3.05, 3.63) is 29.0 Å². The summed E-state index contributed by atoms with van der Waals surface area (Å²) in [6.45, 7) is 0.772. The molecule has 1 heterocycles. The maximum absolute atomic E-state index is 13.2. The van der Waals surface area contributed by atoms with Gasteiger partial charge >= 0.3 is 17.9 Å². The standard InChI is InChI=1S/C12H9ClF4N2O3/c1-2-22-11(12(15,16)17)9(20)19(10(21)18-11)6-3-4-8(14)7(13)5-6/h3-5H,2H2,1H3,(H,18,21)/t11-/m1/s1. The second-order valence-corrected chi connectivity index (χ2v) is 4.69. The first-order valence-corrected chi connectivity index (χ1v) is 6.34. The third kappa shape index (κ3) is 2.40. The van der Waals surface area contributed by atoms with Crippen molar-refractivity contribution < 1.29 is 31.9 Å². The van der Waals surface area contributed by atoms with E-state index in [2.05, 4.69) is 4.74 Å². The van der Waals surface area contributed by atoms with Gasteiger partial charge in [0.25, 0.3) is 5.91 Å². The number of benzene rings is 1. The smallest absolute Gasteiger partial charge is 0.340 e. The third-order valence-corrected chi connectivity index (χ3v) is 3.20. The number of rotatable bonds is 3. The monoisotopic (exact) mass is 340 g/mol. The van der Waals surface area contributed by atoms with E-state index in [-0.39, 0.29) is 10.6 Å². The van der Waals surface area contributed by atoms with Crippen LogP contribution in [0.15, 0.2) is 18.2 Å². The van der Waals surface area contributed by atoms with Crippen LogP contribution >= 0.6 is 11.6 Å². The highest BCUT2D eigenvalue weighted by atomic mass is 35.5. The Morgan fingerprint density at radius 3 is 2.50 bits per heavy atom. The summed E-state index contributed by atoms with van der Waals surface area (Å²) >= 11 is 5.51. The van der Waals surface area contributed by atoms with E-state index in [9.17, 15) is 27.2 Å². The number of imide groups is 1. The van der Waals surface area contributed by atoms with Crippen LogP contribution in [0.5, 0.6) is 0 Å². The molecule has 1 N–H and O–H groups in total. The van der Waals surface area contributed by atoms with Crippen molar-refractivity contribution in [1.82, 2.24) is 5.32 Å². The second kappa shape index (κ2) is 5.40. The molecule has 1 aliphatic heterocycles. The number of alkyl halides is 3. The molecular formula is C12H9ClF4N2O3. The van der Waals surface area contributed by atoms with Crippen molar-refractivity contribution in [2.24, 2.45) is 0 Å². The number of nitrogens with one attached hydrogen (secondary N) is 1. The molecule has 0 saturated carbocycles. The first-order valence-electron chi connectivity index (χ1n) is 5.96. The van der Waals surface area contributed by atoms with Crippen molar-refractivity contribution in [2.45, 2.75) is 18.8 Å². The number of anilines is 1. The fourth-order valence-corrected chi connectivity index (χ4v) is 2.13. The Bertz CT molecular complexity index is 637. The van der Waals surface area contributed by atoms with E-state index in [0.29, 0.717) is 0 Å². The summed E-state index contributed by atoms with van der Waals surface area (Å²) in [6.07, 6.45) is -5.17. The predicted molar refractivity (Wildman–Crippen MR) is 67.8 cm³/mol. The largest absolute Gasteiger partial charge is 0.446 e. The van der Waals surface area contributed by atoms with Crippen LogP contribution in [0.4, 0.5) is 28.0 Å². The van der Waals surface area contributed by atoms with E-state index in [4.69, 9.17) is 11.6 Å². The van der Waals surface area contributed by atoms with Crippen LogP contribution < -0.4 is 10.2 Å². The van der Waals surface area contributed by atoms with Crippen LogP contribution in [-0.2, 0) is 9.53 Å². The van der Waals surface area contributed by atoms with Gasteiger partial charge in [-0.05, 0) is 25.1 Å². The average molecular weight is 341 g/mol. The van der Waals surface area contributed by atoms with Crippen LogP contribution in [0.2, 0.25) is 5.02 Å². The Labute approximate surface area is 126 Å². The van der Waals surface area contributed by atoms with Gasteiger partial charge in [-0.15, -0.1) is 0 Å². The van der Waals surface area contributed by atoms with Crippen LogP contribution in [0.25, 0.3) is 0 Å². The number of nitrogens with zero attached hydrogens (tertiary/aromatic N) is 1. The number of hydrogen-bond acceptors (Lipinski definition) is 3. The molecule has 0 spiro atoms. The molecular weight excluding hydrogens is 332 g/mol. The van der Waals surface area contributed by atoms with Crippen LogP contribution in [0, 0.1) is 5.82 Å². The lowest BCUT2D eigenvalue weighted by atomic mass is 10.2. The van der Waals surface area contributed by atoms with Gasteiger partial charge in [0.05, 0.1) is 10.7 Å². The normalized spacial score (nSPS) is 22.2. The van der Waals surface area contributed by atoms with Crippen molar-refractivity contribution in [3.63, 3.8) is 0 Å². The zero-order valence-electron chi connectivity index (χ0n) is 11.0. The molecule has 0 bridgehead atoms. The summed E-state index contributed by atoms with van der Waals surface area (Å²) < 4.78 is 57.1. The molecule has 120 valence electrons. The van der Waals surface area contributed by atoms with Crippen LogP contribution in [-0.4, -0.2) is 30.4 Å². The molecule has 22 heavy (non-hydrogen) atoms. The zero-order chi connectivity index (χ0) is 16.7. The van der Waals surface area contributed by atoms with E-state index < -0.39 is 41.3 Å². The maximum atomic E-state index is 13.2. The number of halogens is 5. The molecule has 2 rings (SSSR count). The van der Waals surface area contributed by atoms with E-state index in [0.717, 1.165) is 18.2 Å². The summed E-state index contributed by atoms with van der Waals surface area (Å²) in [5, 5.41) is 1.05. The predicted octanol–water partition coefficient (Wildman–Crippen LogP) is 2.83.